The Bertz CT molecular complexity index is 502. The molecule has 0 aromatic carbocycles. The van der Waals surface area contributed by atoms with E-state index in [0.717, 1.165) is 11.3 Å². The number of hydrogen-bond donors (Lipinski definition) is 2. The van der Waals surface area contributed by atoms with Crippen LogP contribution in [0.2, 0.25) is 0 Å². The fourth-order valence-corrected chi connectivity index (χ4v) is 2.85. The van der Waals surface area contributed by atoms with E-state index in [1.165, 1.54) is 7.05 Å². The summed E-state index contributed by atoms with van der Waals surface area (Å²) in [6.45, 7) is 0. The number of carbonyl (C=O) groups excluding carboxylic acids is 2. The molecule has 0 spiro atoms. The number of nitrogens with one attached hydrogen (secondary N) is 1. The predicted octanol–water partition coefficient (Wildman–Crippen LogP) is 0.287. The van der Waals surface area contributed by atoms with E-state index < -0.39 is 35.5 Å². The van der Waals surface area contributed by atoms with Gasteiger partial charge in [-0.05, 0) is 25.1 Å². The van der Waals surface area contributed by atoms with Crippen LogP contribution in [-0.4, -0.2) is 40.0 Å². The molecule has 1 aliphatic heterocycles. The normalized spacial score (nSPS) is 30.7. The van der Waals surface area contributed by atoms with Crippen molar-refractivity contribution in [1.82, 2.24) is 10.2 Å². The van der Waals surface area contributed by atoms with Crippen molar-refractivity contribution in [2.24, 2.45) is 11.3 Å². The quantitative estimate of drug-likeness (QED) is 0.441. The van der Waals surface area contributed by atoms with Crippen molar-refractivity contribution in [3.8, 4) is 0 Å². The molecule has 2 N–H and O–H groups in total. The summed E-state index contributed by atoms with van der Waals surface area (Å²) in [4.78, 5) is 37.0. The smallest absolute Gasteiger partial charge is 0.305 e. The molecule has 6 nitrogen and oxygen atoms in total. The minimum Gasteiger partial charge on any atom is -0.481 e. The van der Waals surface area contributed by atoms with Crippen molar-refractivity contribution >= 4 is 35.1 Å². The Balaban J connectivity index is 2.48. The lowest BCUT2D eigenvalue weighted by Gasteiger charge is -2.41. The summed E-state index contributed by atoms with van der Waals surface area (Å²) in [7, 11) is 1.44. The highest BCUT2D eigenvalue weighted by atomic mass is 32.1. The van der Waals surface area contributed by atoms with E-state index in [1.54, 1.807) is 6.08 Å². The molecule has 0 aromatic rings. The second-order valence-corrected chi connectivity index (χ2v) is 5.16. The van der Waals surface area contributed by atoms with Crippen molar-refractivity contribution in [1.29, 1.82) is 0 Å². The van der Waals surface area contributed by atoms with Crippen molar-refractivity contribution in [3.05, 3.63) is 12.2 Å². The van der Waals surface area contributed by atoms with Gasteiger partial charge in [-0.1, -0.05) is 12.2 Å². The number of rotatable bonds is 3. The summed E-state index contributed by atoms with van der Waals surface area (Å²) in [5.41, 5.74) is -1.59. The van der Waals surface area contributed by atoms with Crippen LogP contribution in [0.15, 0.2) is 12.2 Å². The molecular weight excluding hydrogens is 268 g/mol. The first-order valence-electron chi connectivity index (χ1n) is 5.91. The maximum Gasteiger partial charge on any atom is 0.305 e. The van der Waals surface area contributed by atoms with Crippen LogP contribution in [0.3, 0.4) is 0 Å². The van der Waals surface area contributed by atoms with E-state index >= 15 is 0 Å². The Hall–Kier alpha value is -1.76. The molecule has 2 unspecified atom stereocenters. The van der Waals surface area contributed by atoms with Crippen LogP contribution in [0.4, 0.5) is 0 Å². The highest BCUT2D eigenvalue weighted by Gasteiger charge is 2.57. The number of thiocarbonyl (C=S) groups is 1. The summed E-state index contributed by atoms with van der Waals surface area (Å²) in [5, 5.41) is 11.5. The zero-order valence-electron chi connectivity index (χ0n) is 10.4. The molecule has 19 heavy (non-hydrogen) atoms. The zero-order valence-corrected chi connectivity index (χ0v) is 11.2. The molecule has 0 aromatic heterocycles. The molecule has 1 aliphatic carbocycles. The fraction of sp³-hybridized carbons (Fsp3) is 0.500. The summed E-state index contributed by atoms with van der Waals surface area (Å²) < 4.78 is 0. The number of hydrogen-bond acceptors (Lipinski definition) is 4. The highest BCUT2D eigenvalue weighted by Crippen LogP contribution is 2.42. The van der Waals surface area contributed by atoms with E-state index in [1.807, 2.05) is 6.08 Å². The number of nitrogens with zero attached hydrogens (tertiary/aromatic N) is 1. The van der Waals surface area contributed by atoms with Crippen LogP contribution >= 0.6 is 12.2 Å². The van der Waals surface area contributed by atoms with Gasteiger partial charge in [0.1, 0.15) is 5.41 Å². The number of aliphatic carboxylic acids is 1. The fourth-order valence-electron chi connectivity index (χ4n) is 2.68. The third-order valence-electron chi connectivity index (χ3n) is 3.69. The Morgan fingerprint density at radius 2 is 2.32 bits per heavy atom. The van der Waals surface area contributed by atoms with Crippen molar-refractivity contribution in [3.63, 3.8) is 0 Å². The molecule has 0 radical (unpaired) electrons. The van der Waals surface area contributed by atoms with Gasteiger partial charge in [-0.2, -0.15) is 0 Å². The number of carbonyl (C=O) groups is 3. The molecule has 102 valence electrons. The lowest BCUT2D eigenvalue weighted by Crippen LogP contribution is -2.65. The predicted molar refractivity (Wildman–Crippen MR) is 70.1 cm³/mol. The molecule has 2 rings (SSSR count). The van der Waals surface area contributed by atoms with Gasteiger partial charge in [0.05, 0.1) is 6.42 Å². The highest BCUT2D eigenvalue weighted by molar-refractivity contribution is 7.80. The van der Waals surface area contributed by atoms with E-state index in [9.17, 15) is 14.4 Å². The topological polar surface area (TPSA) is 86.7 Å². The largest absolute Gasteiger partial charge is 0.481 e. The summed E-state index contributed by atoms with van der Waals surface area (Å²) in [6.07, 6.45) is 4.41. The molecule has 0 saturated carbocycles. The van der Waals surface area contributed by atoms with Crippen molar-refractivity contribution < 1.29 is 19.5 Å². The van der Waals surface area contributed by atoms with Gasteiger partial charge in [-0.3, -0.25) is 19.3 Å². The number of amides is 2. The average molecular weight is 282 g/mol. The van der Waals surface area contributed by atoms with Gasteiger partial charge >= 0.3 is 5.97 Å². The first-order chi connectivity index (χ1) is 8.89. The van der Waals surface area contributed by atoms with Gasteiger partial charge < -0.3 is 10.4 Å². The first-order valence-corrected chi connectivity index (χ1v) is 6.32. The average Bonchev–Trinajstić information content (AvgIpc) is 2.86. The van der Waals surface area contributed by atoms with Crippen molar-refractivity contribution in [2.75, 3.05) is 7.05 Å². The van der Waals surface area contributed by atoms with Gasteiger partial charge in [-0.15, -0.1) is 0 Å². The van der Waals surface area contributed by atoms with E-state index in [0.29, 0.717) is 6.42 Å². The van der Waals surface area contributed by atoms with E-state index in [2.05, 4.69) is 5.32 Å². The second kappa shape index (κ2) is 4.73. The molecule has 1 saturated heterocycles. The lowest BCUT2D eigenvalue weighted by atomic mass is 9.69. The third kappa shape index (κ3) is 2.03. The van der Waals surface area contributed by atoms with Gasteiger partial charge in [0.2, 0.25) is 11.8 Å². The zero-order chi connectivity index (χ0) is 14.2. The van der Waals surface area contributed by atoms with Gasteiger partial charge in [-0.25, -0.2) is 0 Å². The van der Waals surface area contributed by atoms with E-state index in [-0.39, 0.29) is 5.11 Å². The van der Waals surface area contributed by atoms with Crippen molar-refractivity contribution in [2.45, 2.75) is 19.3 Å². The van der Waals surface area contributed by atoms with Crippen LogP contribution in [0.25, 0.3) is 0 Å². The maximum atomic E-state index is 12.5. The van der Waals surface area contributed by atoms with Gasteiger partial charge in [0, 0.05) is 13.0 Å². The van der Waals surface area contributed by atoms with Crippen LogP contribution < -0.4 is 5.32 Å². The number of allylic oxidation sites excluding steroid dienone is 2. The van der Waals surface area contributed by atoms with Crippen LogP contribution in [0.1, 0.15) is 19.3 Å². The molecule has 1 heterocycles. The van der Waals surface area contributed by atoms with Crippen LogP contribution in [-0.2, 0) is 14.4 Å². The monoisotopic (exact) mass is 282 g/mol. The first kappa shape index (κ1) is 13.7. The molecule has 1 fully saturated rings. The Kier molecular flexibility index (Phi) is 3.40. The Morgan fingerprint density at radius 1 is 1.63 bits per heavy atom. The molecular formula is C12H14N2O4S. The maximum absolute atomic E-state index is 12.5. The molecule has 7 heteroatoms. The van der Waals surface area contributed by atoms with E-state index in [4.69, 9.17) is 17.3 Å². The number of carboxylic acids is 1. The molecule has 2 atom stereocenters. The molecule has 0 bridgehead atoms. The van der Waals surface area contributed by atoms with Gasteiger partial charge in [0.25, 0.3) is 0 Å². The summed E-state index contributed by atoms with van der Waals surface area (Å²) in [5.74, 6) is -2.73. The third-order valence-corrected chi connectivity index (χ3v) is 4.07. The second-order valence-electron chi connectivity index (χ2n) is 4.78. The molecule has 2 aliphatic rings. The Morgan fingerprint density at radius 3 is 2.84 bits per heavy atom. The lowest BCUT2D eigenvalue weighted by molar-refractivity contribution is -0.159. The number of carboxylic acid groups (broad SMARTS) is 1. The van der Waals surface area contributed by atoms with Crippen LogP contribution in [0.5, 0.6) is 0 Å². The summed E-state index contributed by atoms with van der Waals surface area (Å²) in [6, 6.07) is 0. The van der Waals surface area contributed by atoms with Crippen LogP contribution in [0, 0.1) is 11.3 Å². The minimum atomic E-state index is -1.59. The molecule has 2 amide bonds. The van der Waals surface area contributed by atoms with Gasteiger partial charge in [0.15, 0.2) is 5.11 Å². The summed E-state index contributed by atoms with van der Waals surface area (Å²) >= 11 is 4.88. The minimum absolute atomic E-state index is 0.0120. The Labute approximate surface area is 115 Å². The SMILES string of the molecule is CN1C(=O)C(CC(=O)O)(C2C=CCC2)C(=O)NC1=S. The standard InChI is InChI=1S/C12H14N2O4S/c1-14-10(18)12(6-8(15)16,7-4-2-3-5-7)9(17)13-11(14)19/h2,4,7H,3,5-6H2,1H3,(H,15,16)(H,13,17,19).